The number of hydrogen-bond acceptors (Lipinski definition) is 4. The molecule has 0 aromatic carbocycles. The highest BCUT2D eigenvalue weighted by molar-refractivity contribution is 7.90. The summed E-state index contributed by atoms with van der Waals surface area (Å²) in [5, 5.41) is 8.97. The molecule has 7 nitrogen and oxygen atoms in total. The summed E-state index contributed by atoms with van der Waals surface area (Å²) in [5.74, 6) is 0. The molecular formula is C5H13N3O4S2. The van der Waals surface area contributed by atoms with E-state index in [2.05, 4.69) is 0 Å². The third kappa shape index (κ3) is 2.89. The van der Waals surface area contributed by atoms with Crippen LogP contribution in [0.3, 0.4) is 0 Å². The fourth-order valence-corrected chi connectivity index (χ4v) is 3.15. The van der Waals surface area contributed by atoms with Crippen molar-refractivity contribution in [3.63, 3.8) is 0 Å². The fraction of sp³-hybridized carbons (Fsp3) is 1.00. The number of nitrogens with two attached hydrogens (primary N) is 2. The average Bonchev–Trinajstić information content (AvgIpc) is 2.01. The number of rotatable bonds is 2. The van der Waals surface area contributed by atoms with Crippen LogP contribution in [0.2, 0.25) is 0 Å². The monoisotopic (exact) mass is 243 g/mol. The maximum atomic E-state index is 11.0. The van der Waals surface area contributed by atoms with Crippen molar-refractivity contribution < 1.29 is 16.8 Å². The summed E-state index contributed by atoms with van der Waals surface area (Å²) in [6.45, 7) is 0.114. The van der Waals surface area contributed by atoms with Crippen molar-refractivity contribution in [1.29, 1.82) is 0 Å². The van der Waals surface area contributed by atoms with Crippen LogP contribution in [0.15, 0.2) is 0 Å². The molecular weight excluding hydrogens is 230 g/mol. The molecule has 1 rings (SSSR count). The Kier molecular flexibility index (Phi) is 3.17. The molecule has 0 spiro atoms. The van der Waals surface area contributed by atoms with E-state index >= 15 is 0 Å². The van der Waals surface area contributed by atoms with Crippen LogP contribution in [0.1, 0.15) is 12.8 Å². The van der Waals surface area contributed by atoms with Crippen molar-refractivity contribution in [2.75, 3.05) is 13.1 Å². The second-order valence-corrected chi connectivity index (χ2v) is 6.65. The molecule has 0 aromatic heterocycles. The number of piperidine rings is 1. The highest BCUT2D eigenvalue weighted by atomic mass is 32.2. The molecule has 4 N–H and O–H groups in total. The second-order valence-electron chi connectivity index (χ2n) is 3.26. The van der Waals surface area contributed by atoms with Gasteiger partial charge in [0.15, 0.2) is 0 Å². The van der Waals surface area contributed by atoms with Gasteiger partial charge in [-0.15, -0.1) is 0 Å². The van der Waals surface area contributed by atoms with Crippen molar-refractivity contribution in [2.45, 2.75) is 18.1 Å². The van der Waals surface area contributed by atoms with Crippen LogP contribution in [0.4, 0.5) is 0 Å². The van der Waals surface area contributed by atoms with Crippen molar-refractivity contribution >= 4 is 20.2 Å². The van der Waals surface area contributed by atoms with E-state index in [0.717, 1.165) is 4.31 Å². The Morgan fingerprint density at radius 1 is 1.14 bits per heavy atom. The molecule has 0 bridgehead atoms. The van der Waals surface area contributed by atoms with Crippen LogP contribution in [0.5, 0.6) is 0 Å². The highest BCUT2D eigenvalue weighted by Crippen LogP contribution is 2.16. The fourth-order valence-electron chi connectivity index (χ4n) is 1.40. The Morgan fingerprint density at radius 2 is 1.71 bits per heavy atom. The van der Waals surface area contributed by atoms with Gasteiger partial charge in [-0.05, 0) is 12.8 Å². The molecule has 1 unspecified atom stereocenters. The summed E-state index contributed by atoms with van der Waals surface area (Å²) in [7, 11) is -7.49. The van der Waals surface area contributed by atoms with Crippen LogP contribution >= 0.6 is 0 Å². The van der Waals surface area contributed by atoms with E-state index in [4.69, 9.17) is 10.3 Å². The molecule has 84 valence electrons. The van der Waals surface area contributed by atoms with Gasteiger partial charge in [0.1, 0.15) is 0 Å². The molecule has 0 aromatic rings. The summed E-state index contributed by atoms with van der Waals surface area (Å²) in [4.78, 5) is 0. The largest absolute Gasteiger partial charge is 0.276 e. The number of sulfonamides is 1. The molecule has 0 saturated carbocycles. The molecule has 1 aliphatic heterocycles. The first-order valence-electron chi connectivity index (χ1n) is 4.01. The lowest BCUT2D eigenvalue weighted by atomic mass is 10.2. The third-order valence-electron chi connectivity index (χ3n) is 2.17. The molecule has 14 heavy (non-hydrogen) atoms. The van der Waals surface area contributed by atoms with E-state index in [1.807, 2.05) is 0 Å². The van der Waals surface area contributed by atoms with Gasteiger partial charge >= 0.3 is 0 Å². The minimum atomic E-state index is -3.81. The average molecular weight is 243 g/mol. The van der Waals surface area contributed by atoms with Gasteiger partial charge in [-0.25, -0.2) is 18.7 Å². The highest BCUT2D eigenvalue weighted by Gasteiger charge is 2.32. The van der Waals surface area contributed by atoms with Crippen LogP contribution in [0, 0.1) is 0 Å². The Bertz CT molecular complexity index is 363. The van der Waals surface area contributed by atoms with E-state index in [9.17, 15) is 16.8 Å². The predicted octanol–water partition coefficient (Wildman–Crippen LogP) is -2.06. The Hall–Kier alpha value is -0.220. The maximum absolute atomic E-state index is 11.0. The van der Waals surface area contributed by atoms with Crippen molar-refractivity contribution in [1.82, 2.24) is 4.31 Å². The van der Waals surface area contributed by atoms with Crippen molar-refractivity contribution in [2.24, 2.45) is 10.3 Å². The van der Waals surface area contributed by atoms with Gasteiger partial charge in [0.05, 0.1) is 5.25 Å². The molecule has 0 radical (unpaired) electrons. The van der Waals surface area contributed by atoms with Crippen molar-refractivity contribution in [3.8, 4) is 0 Å². The van der Waals surface area contributed by atoms with Crippen LogP contribution < -0.4 is 10.3 Å². The second kappa shape index (κ2) is 3.74. The summed E-state index contributed by atoms with van der Waals surface area (Å²) in [6, 6.07) is 0. The smallest absolute Gasteiger partial charge is 0.228 e. The van der Waals surface area contributed by atoms with E-state index in [1.165, 1.54) is 0 Å². The molecule has 1 saturated heterocycles. The van der Waals surface area contributed by atoms with E-state index in [1.54, 1.807) is 0 Å². The van der Waals surface area contributed by atoms with E-state index in [-0.39, 0.29) is 13.1 Å². The maximum Gasteiger partial charge on any atom is 0.276 e. The zero-order valence-electron chi connectivity index (χ0n) is 7.46. The predicted molar refractivity (Wildman–Crippen MR) is 50.8 cm³/mol. The Morgan fingerprint density at radius 3 is 2.14 bits per heavy atom. The summed E-state index contributed by atoms with van der Waals surface area (Å²) >= 11 is 0. The zero-order chi connectivity index (χ0) is 11.0. The number of primary sulfonamides is 1. The van der Waals surface area contributed by atoms with Crippen LogP contribution in [0.25, 0.3) is 0 Å². The van der Waals surface area contributed by atoms with Gasteiger partial charge in [-0.3, -0.25) is 0 Å². The molecule has 1 fully saturated rings. The van der Waals surface area contributed by atoms with E-state index < -0.39 is 25.5 Å². The quantitative estimate of drug-likeness (QED) is 0.578. The van der Waals surface area contributed by atoms with Gasteiger partial charge in [-0.2, -0.15) is 12.7 Å². The third-order valence-corrected chi connectivity index (χ3v) is 4.53. The first-order valence-corrected chi connectivity index (χ1v) is 7.12. The topological polar surface area (TPSA) is 124 Å². The minimum absolute atomic E-state index is 0.141. The molecule has 0 amide bonds. The summed E-state index contributed by atoms with van der Waals surface area (Å²) in [6.07, 6.45) is 0.836. The van der Waals surface area contributed by atoms with Gasteiger partial charge in [-0.1, -0.05) is 0 Å². The lowest BCUT2D eigenvalue weighted by molar-refractivity contribution is 0.346. The summed E-state index contributed by atoms with van der Waals surface area (Å²) in [5.41, 5.74) is 0. The SMILES string of the molecule is NS(=O)(=O)C1CCCN(S(N)(=O)=O)C1. The van der Waals surface area contributed by atoms with Gasteiger partial charge in [0.2, 0.25) is 10.0 Å². The summed E-state index contributed by atoms with van der Waals surface area (Å²) < 4.78 is 44.7. The lowest BCUT2D eigenvalue weighted by Crippen LogP contribution is -2.49. The number of hydrogen-bond donors (Lipinski definition) is 2. The minimum Gasteiger partial charge on any atom is -0.228 e. The molecule has 0 aliphatic carbocycles. The Labute approximate surface area is 83.3 Å². The first kappa shape index (κ1) is 11.9. The first-order chi connectivity index (χ1) is 6.21. The van der Waals surface area contributed by atoms with Crippen molar-refractivity contribution in [3.05, 3.63) is 0 Å². The van der Waals surface area contributed by atoms with Crippen LogP contribution in [-0.2, 0) is 20.2 Å². The number of nitrogens with zero attached hydrogens (tertiary/aromatic N) is 1. The standard InChI is InChI=1S/C5H13N3O4S2/c6-13(9,10)5-2-1-3-8(4-5)14(7,11)12/h5H,1-4H2,(H2,6,9,10)(H2,7,11,12). The Balaban J connectivity index is 2.81. The van der Waals surface area contributed by atoms with Crippen LogP contribution in [-0.4, -0.2) is 39.5 Å². The lowest BCUT2D eigenvalue weighted by Gasteiger charge is -2.28. The van der Waals surface area contributed by atoms with Gasteiger partial charge in [0.25, 0.3) is 10.2 Å². The van der Waals surface area contributed by atoms with Gasteiger partial charge < -0.3 is 0 Å². The normalized spacial score (nSPS) is 26.3. The van der Waals surface area contributed by atoms with Gasteiger partial charge in [0, 0.05) is 13.1 Å². The molecule has 9 heteroatoms. The van der Waals surface area contributed by atoms with E-state index in [0.29, 0.717) is 12.8 Å². The zero-order valence-corrected chi connectivity index (χ0v) is 9.09. The molecule has 1 atom stereocenters. The molecule has 1 aliphatic rings. The molecule has 1 heterocycles.